The van der Waals surface area contributed by atoms with Crippen molar-refractivity contribution in [1.82, 2.24) is 9.55 Å². The Morgan fingerprint density at radius 1 is 1.36 bits per heavy atom. The van der Waals surface area contributed by atoms with E-state index in [0.717, 1.165) is 11.8 Å². The summed E-state index contributed by atoms with van der Waals surface area (Å²) in [5, 5.41) is 3.08. The average Bonchev–Trinajstić information content (AvgIpc) is 2.56. The number of amides is 1. The number of nitrogens with zero attached hydrogens (tertiary/aromatic N) is 2. The van der Waals surface area contributed by atoms with Crippen LogP contribution in [-0.2, 0) is 11.3 Å². The van der Waals surface area contributed by atoms with Gasteiger partial charge in [-0.2, -0.15) is 4.98 Å². The van der Waals surface area contributed by atoms with Gasteiger partial charge < -0.3 is 15.6 Å². The number of carbonyl (C=O) groups excluding carboxylic acids is 2. The molecular formula is C17H18N4O3S. The first-order valence-corrected chi connectivity index (χ1v) is 8.41. The summed E-state index contributed by atoms with van der Waals surface area (Å²) < 4.78 is 1.61. The standard InChI is InChI=1S/C17H18N4O3S/c1-3-8-21-14(18)9-15(23)20-17(21)25-10-16(24)19-13-6-4-12(5-7-13)11(2)22/h3-7,9H,1,8,10,18H2,2H3,(H,19,24). The second kappa shape index (κ2) is 8.29. The number of ketones is 1. The molecule has 1 amide bonds. The molecule has 0 bridgehead atoms. The third-order valence-corrected chi connectivity index (χ3v) is 4.22. The maximum Gasteiger partial charge on any atom is 0.275 e. The molecule has 1 aromatic heterocycles. The molecule has 1 heterocycles. The van der Waals surface area contributed by atoms with Crippen LogP contribution in [0.15, 0.2) is 52.9 Å². The summed E-state index contributed by atoms with van der Waals surface area (Å²) in [6.07, 6.45) is 1.63. The Balaban J connectivity index is 2.03. The van der Waals surface area contributed by atoms with Crippen molar-refractivity contribution in [2.75, 3.05) is 16.8 Å². The summed E-state index contributed by atoms with van der Waals surface area (Å²) in [5.41, 5.74) is 6.51. The smallest absolute Gasteiger partial charge is 0.275 e. The summed E-state index contributed by atoms with van der Waals surface area (Å²) in [4.78, 5) is 38.7. The van der Waals surface area contributed by atoms with Gasteiger partial charge in [-0.25, -0.2) is 0 Å². The van der Waals surface area contributed by atoms with Crippen molar-refractivity contribution in [3.05, 3.63) is 58.9 Å². The van der Waals surface area contributed by atoms with E-state index in [4.69, 9.17) is 5.73 Å². The molecule has 8 heteroatoms. The lowest BCUT2D eigenvalue weighted by molar-refractivity contribution is -0.113. The number of hydrogen-bond donors (Lipinski definition) is 2. The predicted octanol–water partition coefficient (Wildman–Crippen LogP) is 1.94. The van der Waals surface area contributed by atoms with Crippen molar-refractivity contribution in [2.24, 2.45) is 0 Å². The molecule has 130 valence electrons. The van der Waals surface area contributed by atoms with Gasteiger partial charge in [-0.05, 0) is 31.2 Å². The van der Waals surface area contributed by atoms with Crippen molar-refractivity contribution < 1.29 is 9.59 Å². The number of thioether (sulfide) groups is 1. The van der Waals surface area contributed by atoms with Crippen LogP contribution in [0.2, 0.25) is 0 Å². The molecule has 2 rings (SSSR count). The normalized spacial score (nSPS) is 10.3. The lowest BCUT2D eigenvalue weighted by Gasteiger charge is -2.12. The van der Waals surface area contributed by atoms with Gasteiger partial charge in [0.15, 0.2) is 10.9 Å². The number of benzene rings is 1. The van der Waals surface area contributed by atoms with Crippen LogP contribution in [0.3, 0.4) is 0 Å². The molecule has 3 N–H and O–H groups in total. The highest BCUT2D eigenvalue weighted by molar-refractivity contribution is 7.99. The molecule has 0 spiro atoms. The molecule has 25 heavy (non-hydrogen) atoms. The van der Waals surface area contributed by atoms with Gasteiger partial charge in [0.05, 0.1) is 5.75 Å². The molecule has 0 saturated heterocycles. The Morgan fingerprint density at radius 2 is 2.04 bits per heavy atom. The maximum absolute atomic E-state index is 12.1. The van der Waals surface area contributed by atoms with Crippen molar-refractivity contribution in [1.29, 1.82) is 0 Å². The third kappa shape index (κ3) is 5.05. The highest BCUT2D eigenvalue weighted by Crippen LogP contribution is 2.18. The Bertz CT molecular complexity index is 859. The second-order valence-electron chi connectivity index (χ2n) is 5.17. The number of Topliss-reactive ketones (excluding diaryl/α,β-unsaturated/α-hetero) is 1. The van der Waals surface area contributed by atoms with Crippen molar-refractivity contribution in [3.63, 3.8) is 0 Å². The van der Waals surface area contributed by atoms with E-state index in [0.29, 0.717) is 23.0 Å². The minimum absolute atomic E-state index is 0.0404. The second-order valence-corrected chi connectivity index (χ2v) is 6.11. The number of nitrogens with two attached hydrogens (primary N) is 1. The molecule has 0 unspecified atom stereocenters. The van der Waals surface area contributed by atoms with Crippen LogP contribution in [0.4, 0.5) is 11.5 Å². The summed E-state index contributed by atoms with van der Waals surface area (Å²) in [6, 6.07) is 7.83. The number of hydrogen-bond acceptors (Lipinski definition) is 6. The Kier molecular flexibility index (Phi) is 6.13. The van der Waals surface area contributed by atoms with Gasteiger partial charge in [-0.3, -0.25) is 14.4 Å². The molecule has 0 radical (unpaired) electrons. The van der Waals surface area contributed by atoms with E-state index in [1.165, 1.54) is 13.0 Å². The molecule has 0 saturated carbocycles. The lowest BCUT2D eigenvalue weighted by Crippen LogP contribution is -2.19. The van der Waals surface area contributed by atoms with Crippen LogP contribution in [-0.4, -0.2) is 27.0 Å². The van der Waals surface area contributed by atoms with E-state index in [2.05, 4.69) is 16.9 Å². The summed E-state index contributed by atoms with van der Waals surface area (Å²) >= 11 is 1.11. The van der Waals surface area contributed by atoms with E-state index in [9.17, 15) is 14.4 Å². The van der Waals surface area contributed by atoms with Gasteiger partial charge >= 0.3 is 0 Å². The number of aromatic nitrogens is 2. The molecule has 2 aromatic rings. The van der Waals surface area contributed by atoms with Gasteiger partial charge in [0.2, 0.25) is 5.91 Å². The zero-order valence-electron chi connectivity index (χ0n) is 13.7. The molecule has 0 atom stereocenters. The fourth-order valence-corrected chi connectivity index (χ4v) is 2.86. The van der Waals surface area contributed by atoms with Crippen molar-refractivity contribution in [2.45, 2.75) is 18.6 Å². The fourth-order valence-electron chi connectivity index (χ4n) is 2.04. The highest BCUT2D eigenvalue weighted by atomic mass is 32.2. The van der Waals surface area contributed by atoms with Gasteiger partial charge in [-0.1, -0.05) is 17.8 Å². The van der Waals surface area contributed by atoms with Crippen LogP contribution in [0.5, 0.6) is 0 Å². The van der Waals surface area contributed by atoms with E-state index >= 15 is 0 Å². The lowest BCUT2D eigenvalue weighted by atomic mass is 10.1. The molecule has 0 aliphatic carbocycles. The van der Waals surface area contributed by atoms with Gasteiger partial charge in [0.1, 0.15) is 5.82 Å². The Hall–Kier alpha value is -2.87. The summed E-state index contributed by atoms with van der Waals surface area (Å²) in [6.45, 7) is 5.50. The monoisotopic (exact) mass is 358 g/mol. The largest absolute Gasteiger partial charge is 0.385 e. The number of allylic oxidation sites excluding steroid dienone is 1. The predicted molar refractivity (Wildman–Crippen MR) is 98.9 cm³/mol. The quantitative estimate of drug-likeness (QED) is 0.339. The molecule has 7 nitrogen and oxygen atoms in total. The Morgan fingerprint density at radius 3 is 2.64 bits per heavy atom. The minimum Gasteiger partial charge on any atom is -0.385 e. The highest BCUT2D eigenvalue weighted by Gasteiger charge is 2.10. The fraction of sp³-hybridized carbons (Fsp3) is 0.176. The van der Waals surface area contributed by atoms with Crippen LogP contribution >= 0.6 is 11.8 Å². The molecule has 1 aromatic carbocycles. The topological polar surface area (TPSA) is 107 Å². The number of rotatable bonds is 7. The van der Waals surface area contributed by atoms with Crippen molar-refractivity contribution >= 4 is 35.0 Å². The number of anilines is 2. The summed E-state index contributed by atoms with van der Waals surface area (Å²) in [7, 11) is 0. The SMILES string of the molecule is C=CCn1c(N)cc(=O)nc1SCC(=O)Nc1ccc(C(C)=O)cc1. The van der Waals surface area contributed by atoms with Gasteiger partial charge in [0.25, 0.3) is 5.56 Å². The molecule has 0 aliphatic rings. The maximum atomic E-state index is 12.1. The molecular weight excluding hydrogens is 340 g/mol. The number of nitrogen functional groups attached to an aromatic ring is 1. The number of carbonyl (C=O) groups is 2. The third-order valence-electron chi connectivity index (χ3n) is 3.24. The first-order chi connectivity index (χ1) is 11.9. The van der Waals surface area contributed by atoms with E-state index in [1.807, 2.05) is 0 Å². The van der Waals surface area contributed by atoms with Crippen molar-refractivity contribution in [3.8, 4) is 0 Å². The molecule has 0 fully saturated rings. The van der Waals surface area contributed by atoms with Crippen LogP contribution in [0.1, 0.15) is 17.3 Å². The summed E-state index contributed by atoms with van der Waals surface area (Å²) in [5.74, 6) is 0.0213. The minimum atomic E-state index is -0.458. The van der Waals surface area contributed by atoms with Gasteiger partial charge in [-0.15, -0.1) is 6.58 Å². The molecule has 0 aliphatic heterocycles. The average molecular weight is 358 g/mol. The van der Waals surface area contributed by atoms with Crippen LogP contribution in [0, 0.1) is 0 Å². The zero-order chi connectivity index (χ0) is 18.4. The van der Waals surface area contributed by atoms with Crippen LogP contribution < -0.4 is 16.6 Å². The zero-order valence-corrected chi connectivity index (χ0v) is 14.5. The number of nitrogens with one attached hydrogen (secondary N) is 1. The Labute approximate surface area is 149 Å². The first-order valence-electron chi connectivity index (χ1n) is 7.42. The van der Waals surface area contributed by atoms with E-state index in [1.54, 1.807) is 34.9 Å². The van der Waals surface area contributed by atoms with E-state index in [-0.39, 0.29) is 23.3 Å². The van der Waals surface area contributed by atoms with Crippen LogP contribution in [0.25, 0.3) is 0 Å². The van der Waals surface area contributed by atoms with Gasteiger partial charge in [0, 0.05) is 23.9 Å². The van der Waals surface area contributed by atoms with E-state index < -0.39 is 5.56 Å². The first kappa shape index (κ1) is 18.5.